The van der Waals surface area contributed by atoms with Crippen molar-refractivity contribution in [1.82, 2.24) is 0 Å². The molecule has 1 rings (SSSR count). The summed E-state index contributed by atoms with van der Waals surface area (Å²) in [5, 5.41) is 0. The first-order valence-corrected chi connectivity index (χ1v) is 9.82. The molecule has 0 aliphatic rings. The summed E-state index contributed by atoms with van der Waals surface area (Å²) in [6.07, 6.45) is 0. The van der Waals surface area contributed by atoms with Crippen molar-refractivity contribution < 1.29 is 18.9 Å². The molecular weight excluding hydrogens is 201 g/mol. The molecule has 0 saturated heterocycles. The van der Waals surface area contributed by atoms with Crippen molar-refractivity contribution in [3.05, 3.63) is 30.3 Å². The van der Waals surface area contributed by atoms with Gasteiger partial charge in [0.05, 0.1) is 0 Å². The molecule has 0 unspecified atom stereocenters. The third-order valence-corrected chi connectivity index (χ3v) is 7.55. The Morgan fingerprint density at radius 2 is 1.90 bits per heavy atom. The minimum absolute atomic E-state index is 1.20. The number of rotatable bonds is 2. The van der Waals surface area contributed by atoms with E-state index in [1.54, 1.807) is 7.11 Å². The normalized spacial score (nSPS) is 9.40. The molecule has 51 valence electrons. The van der Waals surface area contributed by atoms with Crippen molar-refractivity contribution in [2.45, 2.75) is 0 Å². The summed E-state index contributed by atoms with van der Waals surface area (Å²) >= 11 is -2.19. The molecule has 0 N–H and O–H groups in total. The Balaban J connectivity index is 2.75. The predicted molar refractivity (Wildman–Crippen MR) is 38.9 cm³/mol. The van der Waals surface area contributed by atoms with Gasteiger partial charge in [-0.15, -0.1) is 0 Å². The number of hydrogen-bond donors (Lipinski definition) is 0. The zero-order valence-electron chi connectivity index (χ0n) is 5.88. The van der Waals surface area contributed by atoms with Crippen LogP contribution < -0.4 is 4.16 Å². The SMILES string of the molecule is C[O][Zn]([Cl])[c]1ccccc1. The fourth-order valence-corrected chi connectivity index (χ4v) is 3.80. The molecule has 0 atom stereocenters. The van der Waals surface area contributed by atoms with Crippen LogP contribution in [-0.4, -0.2) is 7.11 Å². The number of hydrogen-bond acceptors (Lipinski definition) is 1. The van der Waals surface area contributed by atoms with Gasteiger partial charge < -0.3 is 0 Å². The van der Waals surface area contributed by atoms with E-state index in [1.165, 1.54) is 4.16 Å². The monoisotopic (exact) mass is 207 g/mol. The predicted octanol–water partition coefficient (Wildman–Crippen LogP) is 1.65. The summed E-state index contributed by atoms with van der Waals surface area (Å²) in [4.78, 5) is 0. The first kappa shape index (κ1) is 8.19. The van der Waals surface area contributed by atoms with Gasteiger partial charge in [-0.05, 0) is 0 Å². The molecule has 0 saturated carbocycles. The number of benzene rings is 1. The Labute approximate surface area is 70.3 Å². The Morgan fingerprint density at radius 3 is 2.40 bits per heavy atom. The van der Waals surface area contributed by atoms with Crippen molar-refractivity contribution in [1.29, 1.82) is 0 Å². The fraction of sp³-hybridized carbons (Fsp3) is 0.143. The van der Waals surface area contributed by atoms with E-state index >= 15 is 0 Å². The second kappa shape index (κ2) is 4.07. The van der Waals surface area contributed by atoms with Crippen LogP contribution in [-0.2, 0) is 18.9 Å². The summed E-state index contributed by atoms with van der Waals surface area (Å²) in [5.74, 6) is 0. The Kier molecular flexibility index (Phi) is 3.34. The number of halogens is 1. The van der Waals surface area contributed by atoms with Crippen LogP contribution in [0.4, 0.5) is 0 Å². The van der Waals surface area contributed by atoms with Crippen LogP contribution in [0.5, 0.6) is 0 Å². The topological polar surface area (TPSA) is 9.23 Å². The molecule has 1 aromatic rings. The first-order chi connectivity index (χ1) is 4.84. The van der Waals surface area contributed by atoms with Crippen molar-refractivity contribution in [3.8, 4) is 0 Å². The van der Waals surface area contributed by atoms with Crippen LogP contribution in [0.2, 0.25) is 0 Å². The third kappa shape index (κ3) is 2.05. The van der Waals surface area contributed by atoms with Crippen LogP contribution in [0.3, 0.4) is 0 Å². The van der Waals surface area contributed by atoms with Crippen LogP contribution in [0.25, 0.3) is 0 Å². The molecule has 1 aromatic carbocycles. The van der Waals surface area contributed by atoms with Gasteiger partial charge in [-0.2, -0.15) is 0 Å². The van der Waals surface area contributed by atoms with E-state index in [0.29, 0.717) is 0 Å². The van der Waals surface area contributed by atoms with Crippen molar-refractivity contribution >= 4 is 13.8 Å². The quantitative estimate of drug-likeness (QED) is 0.672. The van der Waals surface area contributed by atoms with Crippen molar-refractivity contribution in [3.63, 3.8) is 0 Å². The van der Waals surface area contributed by atoms with Gasteiger partial charge in [0, 0.05) is 0 Å². The maximum atomic E-state index is 5.98. The van der Waals surface area contributed by atoms with Gasteiger partial charge in [-0.25, -0.2) is 0 Å². The molecule has 1 nitrogen and oxygen atoms in total. The Morgan fingerprint density at radius 1 is 1.30 bits per heavy atom. The van der Waals surface area contributed by atoms with Gasteiger partial charge in [0.2, 0.25) is 0 Å². The molecule has 0 bridgehead atoms. The molecule has 0 aliphatic heterocycles. The molecule has 0 aliphatic carbocycles. The van der Waals surface area contributed by atoms with E-state index in [9.17, 15) is 0 Å². The maximum absolute atomic E-state index is 5.98. The van der Waals surface area contributed by atoms with E-state index in [2.05, 4.69) is 0 Å². The van der Waals surface area contributed by atoms with Gasteiger partial charge in [-0.1, -0.05) is 0 Å². The van der Waals surface area contributed by atoms with Gasteiger partial charge in [-0.3, -0.25) is 0 Å². The molecule has 3 heteroatoms. The van der Waals surface area contributed by atoms with Crippen molar-refractivity contribution in [2.24, 2.45) is 0 Å². The molecule has 0 heterocycles. The van der Waals surface area contributed by atoms with E-state index < -0.39 is 15.3 Å². The van der Waals surface area contributed by atoms with Gasteiger partial charge >= 0.3 is 70.2 Å². The Hall–Kier alpha value is 0.0934. The van der Waals surface area contributed by atoms with Crippen molar-refractivity contribution in [2.75, 3.05) is 7.11 Å². The molecule has 0 amide bonds. The average Bonchev–Trinajstić information content (AvgIpc) is 2.05. The van der Waals surface area contributed by atoms with E-state index in [-0.39, 0.29) is 0 Å². The summed E-state index contributed by atoms with van der Waals surface area (Å²) < 4.78 is 6.31. The van der Waals surface area contributed by atoms with Crippen LogP contribution in [0.15, 0.2) is 30.3 Å². The molecule has 0 radical (unpaired) electrons. The van der Waals surface area contributed by atoms with E-state index in [1.807, 2.05) is 30.3 Å². The zero-order valence-corrected chi connectivity index (χ0v) is 9.60. The molecule has 0 fully saturated rings. The van der Waals surface area contributed by atoms with Gasteiger partial charge in [0.25, 0.3) is 0 Å². The molecule has 10 heavy (non-hydrogen) atoms. The first-order valence-electron chi connectivity index (χ1n) is 3.23. The fourth-order valence-electron chi connectivity index (χ4n) is 0.830. The molecule has 0 aromatic heterocycles. The van der Waals surface area contributed by atoms with E-state index in [0.717, 1.165) is 0 Å². The zero-order chi connectivity index (χ0) is 7.40. The standard InChI is InChI=1S/C6H5.CH3O.ClH.Zn/c1-2-4-6-5-3-1;1-2;;/h1-5H;1H3;1H;/q;-1;;+2/p-1. The molecular formula is C7H8ClOZn. The average molecular weight is 209 g/mol. The summed E-state index contributed by atoms with van der Waals surface area (Å²) in [6.45, 7) is 0. The summed E-state index contributed by atoms with van der Waals surface area (Å²) in [5.41, 5.74) is 0. The summed E-state index contributed by atoms with van der Waals surface area (Å²) in [7, 11) is 7.66. The third-order valence-electron chi connectivity index (χ3n) is 1.42. The van der Waals surface area contributed by atoms with Crippen LogP contribution in [0.1, 0.15) is 0 Å². The van der Waals surface area contributed by atoms with E-state index in [4.69, 9.17) is 13.3 Å². The second-order valence-corrected chi connectivity index (χ2v) is 9.23. The summed E-state index contributed by atoms with van der Waals surface area (Å²) in [6, 6.07) is 10.0. The van der Waals surface area contributed by atoms with Crippen LogP contribution in [0, 0.1) is 0 Å². The van der Waals surface area contributed by atoms with Crippen LogP contribution >= 0.6 is 9.69 Å². The van der Waals surface area contributed by atoms with Gasteiger partial charge in [0.1, 0.15) is 0 Å². The van der Waals surface area contributed by atoms with Gasteiger partial charge in [0.15, 0.2) is 0 Å². The Bertz CT molecular complexity index is 190. The minimum atomic E-state index is -2.19. The molecule has 0 spiro atoms. The second-order valence-electron chi connectivity index (χ2n) is 2.16.